The Bertz CT molecular complexity index is 461. The second-order valence-electron chi connectivity index (χ2n) is 4.25. The minimum Gasteiger partial charge on any atom is -0.312 e. The zero-order valence-corrected chi connectivity index (χ0v) is 10.5. The van der Waals surface area contributed by atoms with Crippen LogP contribution in [0.3, 0.4) is 0 Å². The van der Waals surface area contributed by atoms with Crippen LogP contribution in [0.4, 0.5) is 5.69 Å². The van der Waals surface area contributed by atoms with Gasteiger partial charge in [0.05, 0.1) is 0 Å². The molecule has 2 amide bonds. The van der Waals surface area contributed by atoms with Crippen LogP contribution in [0.2, 0.25) is 0 Å². The molecule has 1 saturated heterocycles. The molecule has 3 N–H and O–H groups in total. The number of hydrazine groups is 1. The van der Waals surface area contributed by atoms with E-state index in [2.05, 4.69) is 5.43 Å². The van der Waals surface area contributed by atoms with Crippen molar-refractivity contribution in [2.75, 3.05) is 17.3 Å². The van der Waals surface area contributed by atoms with Crippen LogP contribution in [0.1, 0.15) is 16.8 Å². The first kappa shape index (κ1) is 12.9. The Labute approximate surface area is 110 Å². The number of carbonyl (C=O) groups excluding carboxylic acids is 2. The van der Waals surface area contributed by atoms with Crippen LogP contribution in [0.25, 0.3) is 0 Å². The third-order valence-corrected chi connectivity index (χ3v) is 3.43. The molecule has 0 aliphatic carbocycles. The number of nitrogens with zero attached hydrogens (tertiary/aromatic N) is 1. The summed E-state index contributed by atoms with van der Waals surface area (Å²) in [4.78, 5) is 24.8. The average molecular weight is 268 g/mol. The van der Waals surface area contributed by atoms with E-state index in [0.29, 0.717) is 24.4 Å². The molecule has 0 bridgehead atoms. The van der Waals surface area contributed by atoms with E-state index in [-0.39, 0.29) is 17.7 Å². The molecule has 0 saturated carbocycles. The number of nitrogens with two attached hydrogens (primary N) is 1. The number of amides is 2. The van der Waals surface area contributed by atoms with Crippen LogP contribution in [-0.2, 0) is 4.79 Å². The van der Waals surface area contributed by atoms with Crippen molar-refractivity contribution in [3.05, 3.63) is 29.8 Å². The third-order valence-electron chi connectivity index (χ3n) is 3.00. The molecule has 1 aromatic carbocycles. The third kappa shape index (κ3) is 2.47. The van der Waals surface area contributed by atoms with Crippen molar-refractivity contribution in [2.45, 2.75) is 6.42 Å². The van der Waals surface area contributed by atoms with Crippen molar-refractivity contribution in [3.63, 3.8) is 0 Å². The molecule has 1 atom stereocenters. The van der Waals surface area contributed by atoms with Crippen molar-refractivity contribution in [3.8, 4) is 0 Å². The molecule has 1 aliphatic rings. The quantitative estimate of drug-likeness (QED) is 0.369. The maximum Gasteiger partial charge on any atom is 0.265 e. The van der Waals surface area contributed by atoms with Crippen LogP contribution in [0.5, 0.6) is 0 Å². The maximum atomic E-state index is 11.8. The number of hydrogen-bond acceptors (Lipinski definition) is 3. The molecule has 1 unspecified atom stereocenters. The molecule has 1 fully saturated rings. The maximum absolute atomic E-state index is 11.8. The number of anilines is 1. The summed E-state index contributed by atoms with van der Waals surface area (Å²) in [5.74, 6) is 5.44. The summed E-state index contributed by atoms with van der Waals surface area (Å²) in [6.45, 7) is 0.630. The number of rotatable bonds is 3. The van der Waals surface area contributed by atoms with Gasteiger partial charge in [-0.3, -0.25) is 15.0 Å². The molecule has 96 valence electrons. The molecule has 0 spiro atoms. The number of nitrogens with one attached hydrogen (secondary N) is 1. The largest absolute Gasteiger partial charge is 0.312 e. The lowest BCUT2D eigenvalue weighted by Gasteiger charge is -2.16. The number of hydrogen-bond donors (Lipinski definition) is 2. The Morgan fingerprint density at radius 1 is 1.44 bits per heavy atom. The number of halogens is 1. The molecule has 6 heteroatoms. The first-order chi connectivity index (χ1) is 8.65. The van der Waals surface area contributed by atoms with Gasteiger partial charge in [0.2, 0.25) is 5.91 Å². The number of nitrogen functional groups attached to an aromatic ring is 1. The van der Waals surface area contributed by atoms with E-state index in [1.165, 1.54) is 0 Å². The van der Waals surface area contributed by atoms with Gasteiger partial charge in [-0.2, -0.15) is 0 Å². The Balaban J connectivity index is 2.15. The van der Waals surface area contributed by atoms with Crippen LogP contribution in [-0.4, -0.2) is 24.2 Å². The summed E-state index contributed by atoms with van der Waals surface area (Å²) in [6.07, 6.45) is 0.481. The fraction of sp³-hybridized carbons (Fsp3) is 0.333. The topological polar surface area (TPSA) is 75.4 Å². The van der Waals surface area contributed by atoms with Crippen LogP contribution in [0, 0.1) is 5.92 Å². The zero-order chi connectivity index (χ0) is 13.1. The monoisotopic (exact) mass is 267 g/mol. The zero-order valence-electron chi connectivity index (χ0n) is 9.73. The normalized spacial score (nSPS) is 19.1. The minimum absolute atomic E-state index is 0.0664. The average Bonchev–Trinajstić information content (AvgIpc) is 2.79. The van der Waals surface area contributed by atoms with Crippen molar-refractivity contribution in [1.82, 2.24) is 5.43 Å². The van der Waals surface area contributed by atoms with Crippen molar-refractivity contribution < 1.29 is 9.59 Å². The highest BCUT2D eigenvalue weighted by molar-refractivity contribution is 6.18. The van der Waals surface area contributed by atoms with Crippen molar-refractivity contribution >= 4 is 29.1 Å². The van der Waals surface area contributed by atoms with Crippen LogP contribution in [0.15, 0.2) is 24.3 Å². The molecular formula is C12H14ClN3O2. The van der Waals surface area contributed by atoms with E-state index in [9.17, 15) is 9.59 Å². The molecule has 1 heterocycles. The van der Waals surface area contributed by atoms with Gasteiger partial charge in [0.1, 0.15) is 0 Å². The molecule has 0 aromatic heterocycles. The van der Waals surface area contributed by atoms with Gasteiger partial charge in [0.15, 0.2) is 0 Å². The second-order valence-corrected chi connectivity index (χ2v) is 4.56. The first-order valence-electron chi connectivity index (χ1n) is 5.63. The van der Waals surface area contributed by atoms with Gasteiger partial charge in [-0.15, -0.1) is 11.6 Å². The fourth-order valence-corrected chi connectivity index (χ4v) is 2.22. The predicted molar refractivity (Wildman–Crippen MR) is 69.3 cm³/mol. The molecule has 18 heavy (non-hydrogen) atoms. The Kier molecular flexibility index (Phi) is 3.84. The van der Waals surface area contributed by atoms with Crippen molar-refractivity contribution in [1.29, 1.82) is 0 Å². The molecule has 2 rings (SSSR count). The lowest BCUT2D eigenvalue weighted by Crippen LogP contribution is -2.30. The summed E-state index contributed by atoms with van der Waals surface area (Å²) in [5, 5.41) is 0. The minimum atomic E-state index is -0.354. The van der Waals surface area contributed by atoms with E-state index in [0.717, 1.165) is 5.69 Å². The molecule has 1 aliphatic heterocycles. The van der Waals surface area contributed by atoms with Gasteiger partial charge in [-0.25, -0.2) is 5.84 Å². The van der Waals surface area contributed by atoms with E-state index < -0.39 is 0 Å². The standard InChI is InChI=1S/C12H14ClN3O2/c13-6-8-5-11(17)16(7-8)10-3-1-9(2-4-10)12(18)15-14/h1-4,8H,5-7,14H2,(H,15,18). The highest BCUT2D eigenvalue weighted by Gasteiger charge is 2.29. The number of benzene rings is 1. The fourth-order valence-electron chi connectivity index (χ4n) is 2.01. The summed E-state index contributed by atoms with van der Waals surface area (Å²) >= 11 is 5.77. The number of carbonyl (C=O) groups is 2. The van der Waals surface area contributed by atoms with Gasteiger partial charge in [0.25, 0.3) is 5.91 Å². The van der Waals surface area contributed by atoms with Crippen LogP contribution < -0.4 is 16.2 Å². The van der Waals surface area contributed by atoms with Crippen molar-refractivity contribution in [2.24, 2.45) is 11.8 Å². The van der Waals surface area contributed by atoms with E-state index in [1.807, 2.05) is 0 Å². The summed E-state index contributed by atoms with van der Waals surface area (Å²) in [7, 11) is 0. The second kappa shape index (κ2) is 5.37. The smallest absolute Gasteiger partial charge is 0.265 e. The van der Waals surface area contributed by atoms with Gasteiger partial charge in [0, 0.05) is 30.1 Å². The highest BCUT2D eigenvalue weighted by atomic mass is 35.5. The summed E-state index contributed by atoms with van der Waals surface area (Å²) in [6, 6.07) is 6.75. The van der Waals surface area contributed by atoms with Gasteiger partial charge in [-0.1, -0.05) is 0 Å². The first-order valence-corrected chi connectivity index (χ1v) is 6.16. The molecule has 5 nitrogen and oxygen atoms in total. The molecular weight excluding hydrogens is 254 g/mol. The SMILES string of the molecule is NNC(=O)c1ccc(N2CC(CCl)CC2=O)cc1. The predicted octanol–water partition coefficient (Wildman–Crippen LogP) is 0.882. The number of alkyl halides is 1. The molecule has 1 aromatic rings. The van der Waals surface area contributed by atoms with E-state index >= 15 is 0 Å². The Morgan fingerprint density at radius 2 is 2.11 bits per heavy atom. The summed E-state index contributed by atoms with van der Waals surface area (Å²) < 4.78 is 0. The highest BCUT2D eigenvalue weighted by Crippen LogP contribution is 2.25. The lowest BCUT2D eigenvalue weighted by molar-refractivity contribution is -0.117. The van der Waals surface area contributed by atoms with E-state index in [1.54, 1.807) is 29.2 Å². The van der Waals surface area contributed by atoms with Crippen LogP contribution >= 0.6 is 11.6 Å². The van der Waals surface area contributed by atoms with Gasteiger partial charge >= 0.3 is 0 Å². The summed E-state index contributed by atoms with van der Waals surface area (Å²) in [5.41, 5.74) is 3.30. The Morgan fingerprint density at radius 3 is 2.61 bits per heavy atom. The van der Waals surface area contributed by atoms with E-state index in [4.69, 9.17) is 17.4 Å². The molecule has 0 radical (unpaired) electrons. The lowest BCUT2D eigenvalue weighted by atomic mass is 10.1. The van der Waals surface area contributed by atoms with Gasteiger partial charge in [-0.05, 0) is 30.2 Å². The Hall–Kier alpha value is -1.59. The van der Waals surface area contributed by atoms with Gasteiger partial charge < -0.3 is 4.90 Å².